The third-order valence-electron chi connectivity index (χ3n) is 4.37. The number of pyridine rings is 1. The Hall–Kier alpha value is -0.680. The molecule has 2 aromatic rings. The first-order chi connectivity index (χ1) is 10.3. The third kappa shape index (κ3) is 3.99. The fourth-order valence-corrected chi connectivity index (χ4v) is 3.78. The predicted molar refractivity (Wildman–Crippen MR) is 98.4 cm³/mol. The lowest BCUT2D eigenvalue weighted by Crippen LogP contribution is -2.35. The summed E-state index contributed by atoms with van der Waals surface area (Å²) in [7, 11) is 0. The molecular weight excluding hydrogens is 362 g/mol. The van der Waals surface area contributed by atoms with Crippen molar-refractivity contribution in [2.75, 3.05) is 19.6 Å². The van der Waals surface area contributed by atoms with Crippen LogP contribution in [-0.4, -0.2) is 29.5 Å². The Kier molecular flexibility index (Phi) is 6.63. The van der Waals surface area contributed by atoms with Crippen LogP contribution >= 0.6 is 28.3 Å². The Morgan fingerprint density at radius 3 is 3.00 bits per heavy atom. The van der Waals surface area contributed by atoms with Gasteiger partial charge in [0.1, 0.15) is 0 Å². The summed E-state index contributed by atoms with van der Waals surface area (Å²) < 4.78 is 1.12. The number of nitrogens with zero attached hydrogens (tertiary/aromatic N) is 2. The number of piperidine rings is 1. The molecular formula is C17H23BrClN3. The number of aromatic nitrogens is 1. The lowest BCUT2D eigenvalue weighted by Gasteiger charge is -2.32. The molecule has 1 aromatic carbocycles. The average Bonchev–Trinajstić information content (AvgIpc) is 2.51. The topological polar surface area (TPSA) is 42.1 Å². The van der Waals surface area contributed by atoms with Crippen LogP contribution in [0.2, 0.25) is 0 Å². The molecule has 0 bridgehead atoms. The van der Waals surface area contributed by atoms with E-state index in [1.807, 2.05) is 12.3 Å². The zero-order chi connectivity index (χ0) is 14.7. The second-order valence-electron chi connectivity index (χ2n) is 5.93. The van der Waals surface area contributed by atoms with Gasteiger partial charge in [0.25, 0.3) is 0 Å². The number of hydrogen-bond acceptors (Lipinski definition) is 3. The van der Waals surface area contributed by atoms with Crippen molar-refractivity contribution >= 4 is 39.2 Å². The van der Waals surface area contributed by atoms with Gasteiger partial charge in [-0.3, -0.25) is 9.88 Å². The number of fused-ring (bicyclic) bond motifs is 1. The minimum absolute atomic E-state index is 0. The van der Waals surface area contributed by atoms with Crippen molar-refractivity contribution in [3.05, 3.63) is 40.5 Å². The summed E-state index contributed by atoms with van der Waals surface area (Å²) in [6.07, 6.45) is 5.64. The van der Waals surface area contributed by atoms with E-state index in [1.165, 1.54) is 36.9 Å². The SMILES string of the molecule is Cl.NCCC1CCCN(Cc2ccc(Br)c3cccnc23)C1. The quantitative estimate of drug-likeness (QED) is 0.867. The molecule has 1 aromatic heterocycles. The number of rotatable bonds is 4. The van der Waals surface area contributed by atoms with Crippen molar-refractivity contribution in [2.45, 2.75) is 25.8 Å². The van der Waals surface area contributed by atoms with Gasteiger partial charge in [-0.25, -0.2) is 0 Å². The van der Waals surface area contributed by atoms with Crippen LogP contribution in [0.4, 0.5) is 0 Å². The smallest absolute Gasteiger partial charge is 0.0758 e. The molecule has 0 saturated carbocycles. The van der Waals surface area contributed by atoms with Crippen LogP contribution in [0.1, 0.15) is 24.8 Å². The molecule has 1 saturated heterocycles. The highest BCUT2D eigenvalue weighted by atomic mass is 79.9. The Labute approximate surface area is 146 Å². The van der Waals surface area contributed by atoms with Crippen LogP contribution in [0.15, 0.2) is 34.9 Å². The van der Waals surface area contributed by atoms with Gasteiger partial charge in [-0.15, -0.1) is 12.4 Å². The molecule has 3 rings (SSSR count). The molecule has 22 heavy (non-hydrogen) atoms. The average molecular weight is 385 g/mol. The zero-order valence-corrected chi connectivity index (χ0v) is 15.1. The van der Waals surface area contributed by atoms with Crippen LogP contribution < -0.4 is 5.73 Å². The highest BCUT2D eigenvalue weighted by Crippen LogP contribution is 2.27. The Bertz CT molecular complexity index is 618. The van der Waals surface area contributed by atoms with E-state index in [0.29, 0.717) is 0 Å². The summed E-state index contributed by atoms with van der Waals surface area (Å²) in [5.74, 6) is 0.762. The lowest BCUT2D eigenvalue weighted by molar-refractivity contribution is 0.163. The minimum atomic E-state index is 0. The maximum absolute atomic E-state index is 5.71. The molecule has 0 amide bonds. The fraction of sp³-hybridized carbons (Fsp3) is 0.471. The standard InChI is InChI=1S/C17H22BrN3.ClH/c18-16-6-5-14(17-15(16)4-1-9-20-17)12-21-10-2-3-13(11-21)7-8-19;/h1,4-6,9,13H,2-3,7-8,10-12,19H2;1H. The van der Waals surface area contributed by atoms with Crippen molar-refractivity contribution in [1.29, 1.82) is 0 Å². The van der Waals surface area contributed by atoms with Crippen molar-refractivity contribution in [2.24, 2.45) is 11.7 Å². The van der Waals surface area contributed by atoms with Gasteiger partial charge in [0, 0.05) is 29.1 Å². The van der Waals surface area contributed by atoms with Crippen LogP contribution in [0.25, 0.3) is 10.9 Å². The number of likely N-dealkylation sites (tertiary alicyclic amines) is 1. The largest absolute Gasteiger partial charge is 0.330 e. The van der Waals surface area contributed by atoms with Crippen LogP contribution in [0.3, 0.4) is 0 Å². The Morgan fingerprint density at radius 1 is 1.32 bits per heavy atom. The van der Waals surface area contributed by atoms with E-state index in [0.717, 1.165) is 35.4 Å². The zero-order valence-electron chi connectivity index (χ0n) is 12.7. The molecule has 0 spiro atoms. The maximum atomic E-state index is 5.71. The van der Waals surface area contributed by atoms with E-state index in [4.69, 9.17) is 5.73 Å². The number of hydrogen-bond donors (Lipinski definition) is 1. The van der Waals surface area contributed by atoms with E-state index in [1.54, 1.807) is 0 Å². The van der Waals surface area contributed by atoms with Crippen molar-refractivity contribution in [3.63, 3.8) is 0 Å². The lowest BCUT2D eigenvalue weighted by atomic mass is 9.94. The van der Waals surface area contributed by atoms with Gasteiger partial charge in [-0.05, 0) is 56.0 Å². The molecule has 2 heterocycles. The molecule has 1 aliphatic heterocycles. The first-order valence-electron chi connectivity index (χ1n) is 7.72. The number of nitrogens with two attached hydrogens (primary N) is 1. The monoisotopic (exact) mass is 383 g/mol. The first kappa shape index (κ1) is 17.7. The van der Waals surface area contributed by atoms with Crippen LogP contribution in [0, 0.1) is 5.92 Å². The van der Waals surface area contributed by atoms with E-state index in [2.05, 4.69) is 44.0 Å². The molecule has 1 unspecified atom stereocenters. The van der Waals surface area contributed by atoms with Gasteiger partial charge in [0.05, 0.1) is 5.52 Å². The van der Waals surface area contributed by atoms with Crippen LogP contribution in [0.5, 0.6) is 0 Å². The second kappa shape index (κ2) is 8.25. The molecule has 3 nitrogen and oxygen atoms in total. The van der Waals surface area contributed by atoms with Crippen LogP contribution in [-0.2, 0) is 6.54 Å². The minimum Gasteiger partial charge on any atom is -0.330 e. The summed E-state index contributed by atoms with van der Waals surface area (Å²) in [6, 6.07) is 8.46. The number of benzene rings is 1. The Balaban J connectivity index is 0.00000176. The van der Waals surface area contributed by atoms with E-state index >= 15 is 0 Å². The first-order valence-corrected chi connectivity index (χ1v) is 8.52. The van der Waals surface area contributed by atoms with Gasteiger partial charge >= 0.3 is 0 Å². The summed E-state index contributed by atoms with van der Waals surface area (Å²) in [5, 5.41) is 1.20. The molecule has 120 valence electrons. The van der Waals surface area contributed by atoms with Crippen molar-refractivity contribution < 1.29 is 0 Å². The summed E-state index contributed by atoms with van der Waals surface area (Å²) in [4.78, 5) is 7.14. The molecule has 0 radical (unpaired) electrons. The highest BCUT2D eigenvalue weighted by Gasteiger charge is 2.20. The molecule has 1 fully saturated rings. The predicted octanol–water partition coefficient (Wildman–Crippen LogP) is 3.98. The van der Waals surface area contributed by atoms with Gasteiger partial charge in [0.2, 0.25) is 0 Å². The summed E-state index contributed by atoms with van der Waals surface area (Å²) >= 11 is 3.62. The molecule has 1 aliphatic rings. The van der Waals surface area contributed by atoms with E-state index in [9.17, 15) is 0 Å². The normalized spacial score (nSPS) is 19.1. The molecule has 1 atom stereocenters. The highest BCUT2D eigenvalue weighted by molar-refractivity contribution is 9.10. The second-order valence-corrected chi connectivity index (χ2v) is 6.78. The van der Waals surface area contributed by atoms with E-state index < -0.39 is 0 Å². The van der Waals surface area contributed by atoms with Crippen molar-refractivity contribution in [1.82, 2.24) is 9.88 Å². The fourth-order valence-electron chi connectivity index (χ4n) is 3.33. The summed E-state index contributed by atoms with van der Waals surface area (Å²) in [6.45, 7) is 4.15. The molecule has 5 heteroatoms. The molecule has 2 N–H and O–H groups in total. The van der Waals surface area contributed by atoms with E-state index in [-0.39, 0.29) is 12.4 Å². The number of halogens is 2. The third-order valence-corrected chi connectivity index (χ3v) is 5.06. The molecule has 0 aliphatic carbocycles. The Morgan fingerprint density at radius 2 is 2.18 bits per heavy atom. The van der Waals surface area contributed by atoms with Gasteiger partial charge in [0.15, 0.2) is 0 Å². The van der Waals surface area contributed by atoms with Gasteiger partial charge in [-0.2, -0.15) is 0 Å². The van der Waals surface area contributed by atoms with Gasteiger partial charge in [-0.1, -0.05) is 28.1 Å². The summed E-state index contributed by atoms with van der Waals surface area (Å²) in [5.41, 5.74) is 8.15. The van der Waals surface area contributed by atoms with Gasteiger partial charge < -0.3 is 5.73 Å². The van der Waals surface area contributed by atoms with Crippen molar-refractivity contribution in [3.8, 4) is 0 Å². The maximum Gasteiger partial charge on any atom is 0.0758 e.